The largest absolute Gasteiger partial charge is 0.366 e. The first-order valence-electron chi connectivity index (χ1n) is 4.01. The first kappa shape index (κ1) is 11.4. The minimum atomic E-state index is -1.11. The Morgan fingerprint density at radius 2 is 1.56 bits per heavy atom. The Kier molecular flexibility index (Phi) is 3.38. The fourth-order valence-electron chi connectivity index (χ4n) is 1.08. The van der Waals surface area contributed by atoms with Crippen molar-refractivity contribution in [2.24, 2.45) is 16.3 Å². The third-order valence-electron chi connectivity index (χ3n) is 1.76. The highest BCUT2D eigenvalue weighted by molar-refractivity contribution is 6.06. The monoisotopic (exact) mass is 222 g/mol. The Morgan fingerprint density at radius 1 is 1.06 bits per heavy atom. The van der Waals surface area contributed by atoms with Gasteiger partial charge >= 0.3 is 5.91 Å². The van der Waals surface area contributed by atoms with Gasteiger partial charge in [0.25, 0.3) is 0 Å². The number of primary amides is 1. The molecule has 82 valence electrons. The van der Waals surface area contributed by atoms with E-state index in [4.69, 9.17) is 5.73 Å². The summed E-state index contributed by atoms with van der Waals surface area (Å²) in [6, 6.07) is 5.42. The molecule has 0 bridgehead atoms. The summed E-state index contributed by atoms with van der Waals surface area (Å²) < 4.78 is 0. The molecule has 0 saturated carbocycles. The SMILES string of the molecule is NC(=O)c1ccccc1C(=O)N(N=O)N=O. The van der Waals surface area contributed by atoms with E-state index in [-0.39, 0.29) is 16.2 Å². The van der Waals surface area contributed by atoms with Crippen LogP contribution in [-0.2, 0) is 0 Å². The van der Waals surface area contributed by atoms with E-state index in [1.54, 1.807) is 0 Å². The maximum absolute atomic E-state index is 11.5. The summed E-state index contributed by atoms with van der Waals surface area (Å²) in [5, 5.41) is 3.96. The topological polar surface area (TPSA) is 122 Å². The normalized spacial score (nSPS) is 9.25. The zero-order valence-electron chi connectivity index (χ0n) is 7.86. The number of amides is 2. The molecule has 0 radical (unpaired) electrons. The lowest BCUT2D eigenvalue weighted by Crippen LogP contribution is -2.23. The van der Waals surface area contributed by atoms with Crippen molar-refractivity contribution in [2.45, 2.75) is 0 Å². The molecular weight excluding hydrogens is 216 g/mol. The summed E-state index contributed by atoms with van der Waals surface area (Å²) in [7, 11) is 0. The number of hydrogen-bond acceptors (Lipinski definition) is 6. The number of benzene rings is 1. The fraction of sp³-hybridized carbons (Fsp3) is 0. The number of nitroso groups, excluding NO2 is 2. The molecule has 16 heavy (non-hydrogen) atoms. The molecule has 0 unspecified atom stereocenters. The van der Waals surface area contributed by atoms with Crippen molar-refractivity contribution >= 4 is 11.8 Å². The number of carbonyl (C=O) groups excluding carboxylic acids is 2. The zero-order chi connectivity index (χ0) is 12.1. The van der Waals surface area contributed by atoms with E-state index in [9.17, 15) is 19.4 Å². The van der Waals surface area contributed by atoms with Gasteiger partial charge < -0.3 is 5.73 Å². The number of nitrogens with two attached hydrogens (primary N) is 1. The molecule has 0 aliphatic rings. The Bertz CT molecular complexity index is 451. The van der Waals surface area contributed by atoms with Crippen LogP contribution in [-0.4, -0.2) is 16.9 Å². The highest BCUT2D eigenvalue weighted by atomic mass is 16.4. The van der Waals surface area contributed by atoms with Gasteiger partial charge in [-0.05, 0) is 17.3 Å². The highest BCUT2D eigenvalue weighted by Crippen LogP contribution is 2.11. The molecule has 0 aromatic heterocycles. The maximum Gasteiger partial charge on any atom is 0.302 e. The molecule has 0 fully saturated rings. The maximum atomic E-state index is 11.5. The molecule has 0 saturated heterocycles. The predicted molar refractivity (Wildman–Crippen MR) is 52.7 cm³/mol. The van der Waals surface area contributed by atoms with E-state index >= 15 is 0 Å². The third-order valence-corrected chi connectivity index (χ3v) is 1.76. The quantitative estimate of drug-likeness (QED) is 0.591. The summed E-state index contributed by atoms with van der Waals surface area (Å²) in [5.74, 6) is -1.97. The van der Waals surface area contributed by atoms with E-state index in [0.29, 0.717) is 0 Å². The van der Waals surface area contributed by atoms with Gasteiger partial charge in [0.15, 0.2) is 0 Å². The van der Waals surface area contributed by atoms with Crippen LogP contribution in [0.4, 0.5) is 0 Å². The third kappa shape index (κ3) is 2.05. The van der Waals surface area contributed by atoms with E-state index in [1.165, 1.54) is 24.3 Å². The molecule has 1 rings (SSSR count). The van der Waals surface area contributed by atoms with Crippen molar-refractivity contribution in [3.8, 4) is 0 Å². The second-order valence-corrected chi connectivity index (χ2v) is 2.67. The van der Waals surface area contributed by atoms with Crippen molar-refractivity contribution in [1.29, 1.82) is 0 Å². The Balaban J connectivity index is 3.22. The molecule has 0 aliphatic carbocycles. The van der Waals surface area contributed by atoms with Crippen LogP contribution in [0.3, 0.4) is 0 Å². The highest BCUT2D eigenvalue weighted by Gasteiger charge is 2.22. The molecule has 0 spiro atoms. The fourth-order valence-corrected chi connectivity index (χ4v) is 1.08. The van der Waals surface area contributed by atoms with Crippen LogP contribution in [0.2, 0.25) is 0 Å². The lowest BCUT2D eigenvalue weighted by atomic mass is 10.1. The summed E-state index contributed by atoms with van der Waals surface area (Å²) in [6.45, 7) is 0. The van der Waals surface area contributed by atoms with E-state index in [1.807, 2.05) is 0 Å². The molecule has 0 atom stereocenters. The smallest absolute Gasteiger partial charge is 0.302 e. The van der Waals surface area contributed by atoms with Crippen molar-refractivity contribution in [1.82, 2.24) is 5.12 Å². The summed E-state index contributed by atoms with van der Waals surface area (Å²) in [6.07, 6.45) is 0. The van der Waals surface area contributed by atoms with Gasteiger partial charge in [0.05, 0.1) is 21.7 Å². The average molecular weight is 222 g/mol. The summed E-state index contributed by atoms with van der Waals surface area (Å²) in [5.41, 5.74) is 4.67. The van der Waals surface area contributed by atoms with E-state index in [2.05, 4.69) is 10.6 Å². The zero-order valence-corrected chi connectivity index (χ0v) is 7.86. The van der Waals surface area contributed by atoms with Crippen LogP contribution in [0.25, 0.3) is 0 Å². The first-order chi connectivity index (χ1) is 7.61. The molecular formula is C8H6N4O4. The number of nitrogens with zero attached hydrogens (tertiary/aromatic N) is 3. The van der Waals surface area contributed by atoms with Gasteiger partial charge in [0.2, 0.25) is 5.91 Å². The number of hydrogen-bond donors (Lipinski definition) is 1. The van der Waals surface area contributed by atoms with Crippen LogP contribution >= 0.6 is 0 Å². The molecule has 8 heteroatoms. The predicted octanol–water partition coefficient (Wildman–Crippen LogP) is 0.591. The first-order valence-corrected chi connectivity index (χ1v) is 4.01. The van der Waals surface area contributed by atoms with Crippen molar-refractivity contribution in [3.63, 3.8) is 0 Å². The second-order valence-electron chi connectivity index (χ2n) is 2.67. The van der Waals surface area contributed by atoms with Crippen molar-refractivity contribution in [2.75, 3.05) is 0 Å². The second kappa shape index (κ2) is 4.73. The van der Waals surface area contributed by atoms with Gasteiger partial charge in [-0.2, -0.15) is 0 Å². The molecule has 0 aliphatic heterocycles. The van der Waals surface area contributed by atoms with E-state index < -0.39 is 11.8 Å². The van der Waals surface area contributed by atoms with Crippen LogP contribution in [0.1, 0.15) is 20.7 Å². The Labute approximate surface area is 88.9 Å². The van der Waals surface area contributed by atoms with Crippen molar-refractivity contribution < 1.29 is 9.59 Å². The molecule has 1 aromatic rings. The van der Waals surface area contributed by atoms with Gasteiger partial charge in [0, 0.05) is 0 Å². The van der Waals surface area contributed by atoms with Gasteiger partial charge in [-0.3, -0.25) is 9.59 Å². The molecule has 2 amide bonds. The Hall–Kier alpha value is -2.64. The van der Waals surface area contributed by atoms with Gasteiger partial charge in [-0.1, -0.05) is 12.1 Å². The number of rotatable bonds is 4. The minimum Gasteiger partial charge on any atom is -0.366 e. The lowest BCUT2D eigenvalue weighted by molar-refractivity contribution is 0.0754. The number of carbonyl (C=O) groups is 2. The van der Waals surface area contributed by atoms with E-state index in [0.717, 1.165) is 0 Å². The standard InChI is InChI=1S/C8H6N4O4/c9-7(13)5-3-1-2-4-6(5)8(14)12(10-15)11-16/h1-4H,(H2,9,13). The van der Waals surface area contributed by atoms with Gasteiger partial charge in [0.1, 0.15) is 0 Å². The minimum absolute atomic E-state index is 0.121. The summed E-state index contributed by atoms with van der Waals surface area (Å²) in [4.78, 5) is 42.6. The van der Waals surface area contributed by atoms with Crippen LogP contribution in [0.5, 0.6) is 0 Å². The van der Waals surface area contributed by atoms with Gasteiger partial charge in [-0.15, -0.1) is 9.81 Å². The van der Waals surface area contributed by atoms with Crippen LogP contribution in [0, 0.1) is 9.81 Å². The van der Waals surface area contributed by atoms with Crippen LogP contribution in [0.15, 0.2) is 34.8 Å². The molecule has 1 aromatic carbocycles. The van der Waals surface area contributed by atoms with Crippen molar-refractivity contribution in [3.05, 3.63) is 45.2 Å². The molecule has 8 nitrogen and oxygen atoms in total. The lowest BCUT2D eigenvalue weighted by Gasteiger charge is -2.06. The molecule has 2 N–H and O–H groups in total. The summed E-state index contributed by atoms with van der Waals surface area (Å²) >= 11 is 0. The molecule has 0 heterocycles. The Morgan fingerprint density at radius 3 is 2.00 bits per heavy atom. The average Bonchev–Trinajstić information content (AvgIpc) is 2.30. The van der Waals surface area contributed by atoms with Crippen LogP contribution < -0.4 is 5.73 Å². The van der Waals surface area contributed by atoms with Gasteiger partial charge in [-0.25, -0.2) is 0 Å².